The Morgan fingerprint density at radius 1 is 0.482 bits per heavy atom. The molecule has 556 valence electrons. The Kier molecular flexibility index (Phi) is 24.4. The quantitative estimate of drug-likeness (QED) is 0.0305. The van der Waals surface area contributed by atoms with Crippen LogP contribution in [0.5, 0.6) is 23.1 Å². The van der Waals surface area contributed by atoms with Gasteiger partial charge in [0.05, 0.1) is 46.3 Å². The molecule has 0 saturated carbocycles. The molecule has 0 bridgehead atoms. The van der Waals surface area contributed by atoms with E-state index in [1.807, 2.05) is 57.7 Å². The average molecular weight is 1630 g/mol. The number of halogens is 8. The molecule has 15 aromatic rings. The van der Waals surface area contributed by atoms with Crippen LogP contribution in [0.3, 0.4) is 0 Å². The lowest BCUT2D eigenvalue weighted by atomic mass is 10.2. The van der Waals surface area contributed by atoms with Gasteiger partial charge in [0, 0.05) is 73.9 Å². The third kappa shape index (κ3) is 19.7. The molecule has 2 aromatic carbocycles. The van der Waals surface area contributed by atoms with Gasteiger partial charge < -0.3 is 55.3 Å². The molecule has 0 unspecified atom stereocenters. The fourth-order valence-corrected chi connectivity index (χ4v) is 11.0. The second kappa shape index (κ2) is 35.2. The molecule has 0 saturated heterocycles. The average Bonchev–Trinajstić information content (AvgIpc) is 1.56. The molecule has 0 spiro atoms. The SMILES string of the molecule is CC(=O)Nc1cc(Nc2nc(-c3cccc(C(F)F)n3)nc3nc[nH]c23)ccn1.COc1ccc(Cn2cnc3c(Nc4ccnc(NC(C)=O)c4)nc(-c4cccc(C(F)F)n4)nc32)cc1.COc1ccc(Cn2cnc3c(Oc4ccnc(Br)c4)nc(-c4cccc(C(F)F)n4)nc32)cc1.Nc1ccnc(Br)c1. The lowest BCUT2D eigenvalue weighted by Crippen LogP contribution is -2.08. The zero-order valence-corrected chi connectivity index (χ0v) is 61.0. The van der Waals surface area contributed by atoms with Gasteiger partial charge >= 0.3 is 0 Å². The molecule has 29 nitrogen and oxygen atoms in total. The van der Waals surface area contributed by atoms with Crippen molar-refractivity contribution in [2.75, 3.05) is 41.2 Å². The number of nitrogens with one attached hydrogen (secondary N) is 5. The van der Waals surface area contributed by atoms with E-state index in [4.69, 9.17) is 19.9 Å². The normalized spacial score (nSPS) is 11.0. The molecule has 0 aliphatic rings. The van der Waals surface area contributed by atoms with E-state index in [1.165, 1.54) is 69.0 Å². The van der Waals surface area contributed by atoms with Crippen LogP contribution in [0.15, 0.2) is 205 Å². The van der Waals surface area contributed by atoms with Gasteiger partial charge in [0.25, 0.3) is 25.2 Å². The maximum absolute atomic E-state index is 13.3. The lowest BCUT2D eigenvalue weighted by Gasteiger charge is -2.11. The maximum Gasteiger partial charge on any atom is 0.280 e. The number of imidazole rings is 3. The number of benzene rings is 2. The van der Waals surface area contributed by atoms with Crippen LogP contribution in [0.25, 0.3) is 68.0 Å². The topological polar surface area (TPSA) is 368 Å². The Hall–Kier alpha value is -13.6. The van der Waals surface area contributed by atoms with Crippen molar-refractivity contribution in [2.45, 2.75) is 46.2 Å². The van der Waals surface area contributed by atoms with Crippen molar-refractivity contribution >= 4 is 117 Å². The van der Waals surface area contributed by atoms with E-state index in [-0.39, 0.29) is 69.3 Å². The van der Waals surface area contributed by atoms with Gasteiger partial charge in [0.2, 0.25) is 11.8 Å². The number of rotatable bonds is 20. The highest BCUT2D eigenvalue weighted by Gasteiger charge is 2.23. The van der Waals surface area contributed by atoms with Crippen LogP contribution < -0.4 is 41.2 Å². The van der Waals surface area contributed by atoms with Crippen LogP contribution in [-0.4, -0.2) is 120 Å². The van der Waals surface area contributed by atoms with Gasteiger partial charge in [0.15, 0.2) is 57.1 Å². The van der Waals surface area contributed by atoms with Gasteiger partial charge in [-0.3, -0.25) is 9.59 Å². The van der Waals surface area contributed by atoms with Gasteiger partial charge in [-0.25, -0.2) is 101 Å². The summed E-state index contributed by atoms with van der Waals surface area (Å²) in [6.45, 7) is 3.68. The zero-order chi connectivity index (χ0) is 77.4. The molecule has 13 aromatic heterocycles. The van der Waals surface area contributed by atoms with Crippen molar-refractivity contribution in [3.8, 4) is 57.7 Å². The van der Waals surface area contributed by atoms with Crippen LogP contribution >= 0.6 is 31.9 Å². The molecule has 2 amide bonds. The zero-order valence-electron chi connectivity index (χ0n) is 57.8. The first kappa shape index (κ1) is 76.1. The van der Waals surface area contributed by atoms with E-state index >= 15 is 0 Å². The van der Waals surface area contributed by atoms with Gasteiger partial charge in [-0.2, -0.15) is 4.98 Å². The summed E-state index contributed by atoms with van der Waals surface area (Å²) < 4.78 is 101. The van der Waals surface area contributed by atoms with Crippen LogP contribution in [0.1, 0.15) is 61.3 Å². The lowest BCUT2D eigenvalue weighted by molar-refractivity contribution is -0.115. The Balaban J connectivity index is 0.000000147. The molecule has 0 atom stereocenters. The third-order valence-electron chi connectivity index (χ3n) is 15.2. The number of alkyl halides is 6. The minimum Gasteiger partial charge on any atom is -0.497 e. The van der Waals surface area contributed by atoms with E-state index in [1.54, 1.807) is 106 Å². The molecule has 0 fully saturated rings. The van der Waals surface area contributed by atoms with Gasteiger partial charge in [-0.05, 0) is 134 Å². The molecule has 110 heavy (non-hydrogen) atoms. The number of nitrogens with two attached hydrogens (primary N) is 1. The van der Waals surface area contributed by atoms with E-state index in [0.717, 1.165) is 32.9 Å². The van der Waals surface area contributed by atoms with E-state index < -0.39 is 19.3 Å². The van der Waals surface area contributed by atoms with E-state index in [2.05, 4.69) is 138 Å². The van der Waals surface area contributed by atoms with Crippen molar-refractivity contribution in [2.24, 2.45) is 0 Å². The summed E-state index contributed by atoms with van der Waals surface area (Å²) in [5, 5.41) is 11.5. The summed E-state index contributed by atoms with van der Waals surface area (Å²) >= 11 is 6.49. The molecule has 7 N–H and O–H groups in total. The van der Waals surface area contributed by atoms with Crippen molar-refractivity contribution in [3.63, 3.8) is 0 Å². The second-order valence-electron chi connectivity index (χ2n) is 23.1. The fourth-order valence-electron chi connectivity index (χ4n) is 10.2. The number of pyridine rings is 7. The van der Waals surface area contributed by atoms with Gasteiger partial charge in [0.1, 0.15) is 77.8 Å². The number of nitrogen functional groups attached to an aromatic ring is 1. The molecule has 0 aliphatic carbocycles. The minimum absolute atomic E-state index is 0.139. The number of amides is 2. The van der Waals surface area contributed by atoms with Gasteiger partial charge in [-0.15, -0.1) is 0 Å². The number of anilines is 7. The Morgan fingerprint density at radius 3 is 1.41 bits per heavy atom. The molecular weight excluding hydrogens is 1570 g/mol. The minimum atomic E-state index is -2.74. The number of ether oxygens (including phenoxy) is 3. The molecular formula is C73H58Br2F6N24O5. The number of hydrogen-bond donors (Lipinski definition) is 6. The van der Waals surface area contributed by atoms with Crippen molar-refractivity contribution in [1.82, 2.24) is 93.9 Å². The number of carbonyl (C=O) groups excluding carboxylic acids is 2. The number of methoxy groups -OCH3 is 2. The van der Waals surface area contributed by atoms with Crippen molar-refractivity contribution in [1.29, 1.82) is 0 Å². The summed E-state index contributed by atoms with van der Waals surface area (Å²) in [5.41, 5.74) is 11.4. The number of fused-ring (bicyclic) bond motifs is 3. The van der Waals surface area contributed by atoms with Crippen LogP contribution in [0.2, 0.25) is 0 Å². The maximum atomic E-state index is 13.3. The number of nitrogens with zero attached hydrogens (tertiary/aromatic N) is 18. The first-order chi connectivity index (χ1) is 53.2. The fraction of sp³-hybridized carbons (Fsp3) is 0.123. The Morgan fingerprint density at radius 2 is 0.936 bits per heavy atom. The second-order valence-corrected chi connectivity index (χ2v) is 24.7. The third-order valence-corrected chi connectivity index (χ3v) is 16.1. The smallest absolute Gasteiger partial charge is 0.280 e. The molecule has 37 heteroatoms. The summed E-state index contributed by atoms with van der Waals surface area (Å²) in [6, 6.07) is 41.6. The number of H-pyrrole nitrogens is 1. The molecule has 0 aliphatic heterocycles. The van der Waals surface area contributed by atoms with Crippen LogP contribution in [-0.2, 0) is 22.7 Å². The number of aromatic amines is 1. The summed E-state index contributed by atoms with van der Waals surface area (Å²) in [4.78, 5) is 93.9. The molecule has 15 rings (SSSR count). The summed E-state index contributed by atoms with van der Waals surface area (Å²) in [5.74, 6) is 3.46. The van der Waals surface area contributed by atoms with Crippen molar-refractivity contribution in [3.05, 3.63) is 233 Å². The predicted molar refractivity (Wildman–Crippen MR) is 403 cm³/mol. The number of hydrogen-bond acceptors (Lipinski definition) is 24. The Bertz CT molecular complexity index is 5730. The molecule has 0 radical (unpaired) electrons. The van der Waals surface area contributed by atoms with Gasteiger partial charge in [-0.1, -0.05) is 42.5 Å². The van der Waals surface area contributed by atoms with Crippen LogP contribution in [0.4, 0.5) is 66.7 Å². The first-order valence-electron chi connectivity index (χ1n) is 32.5. The number of carbonyl (C=O) groups is 2. The monoisotopic (exact) mass is 1620 g/mol. The molecule has 13 heterocycles. The highest BCUT2D eigenvalue weighted by Crippen LogP contribution is 2.34. The van der Waals surface area contributed by atoms with E-state index in [0.29, 0.717) is 91.6 Å². The highest BCUT2D eigenvalue weighted by atomic mass is 79.9. The summed E-state index contributed by atoms with van der Waals surface area (Å²) in [6.07, 6.45) is 2.84. The largest absolute Gasteiger partial charge is 0.497 e. The predicted octanol–water partition coefficient (Wildman–Crippen LogP) is 15.7. The number of aromatic nitrogens is 19. The van der Waals surface area contributed by atoms with Crippen molar-refractivity contribution < 1.29 is 50.1 Å². The first-order valence-corrected chi connectivity index (χ1v) is 34.1. The van der Waals surface area contributed by atoms with E-state index in [9.17, 15) is 35.9 Å². The van der Waals surface area contributed by atoms with Crippen LogP contribution in [0, 0.1) is 0 Å². The highest BCUT2D eigenvalue weighted by molar-refractivity contribution is 9.10. The summed E-state index contributed by atoms with van der Waals surface area (Å²) in [7, 11) is 3.21. The standard InChI is InChI=1S/C26H22F2N8O2.C24H17BrF2N6O2.C18H14F2N8O.C5H5BrN2/c1-15(37)31-21-12-17(10-11-29-21)32-25-22-26(35-24(34-25)20-5-3-4-19(33-20)23(27)28)36(14-30-22)13-16-6-8-18(38-2)9-7-16;1-34-15-7-5-14(6-8-15)12-33-13-29-20-23(33)31-22(18-4-2-3-17(30-18)21(26)27)32-24(20)35-16-9-10-28-19(25)11-16;1-9(29)24-13-7-10(5-6-21-13)25-18-14-17(23-8-22-14)27-16(28-18)12-4-2-3-11(26-12)15(19)20;6-5-3-4(7)1-2-8-5/h3-12,14,23H,13H2,1-2H3,(H2,29,31,32,34,35,37);2-11,13,21H,12H2,1H3;2-8,15H,1H3,(H3,21,22,23,24,25,27,28,29);1-3H,(H2,7,8). The Labute approximate surface area is 636 Å².